The second-order valence-corrected chi connectivity index (χ2v) is 6.39. The van der Waals surface area contributed by atoms with Crippen LogP contribution in [0.25, 0.3) is 0 Å². The quantitative estimate of drug-likeness (QED) is 0.460. The van der Waals surface area contributed by atoms with Gasteiger partial charge in [0.05, 0.1) is 12.4 Å². The standard InChI is InChI=1S/C22H22N4O2/c1-16(27)18-9-11-19(12-10-18)26-22(28)20-14-25-21(15-24-20)23-13-5-8-17-6-3-2-4-7-17/h2-4,6-7,9-12,14-15H,5,8,13H2,1H3,(H,23,25)(H,26,28). The van der Waals surface area contributed by atoms with Crippen LogP contribution in [0.3, 0.4) is 0 Å². The fourth-order valence-electron chi connectivity index (χ4n) is 2.67. The summed E-state index contributed by atoms with van der Waals surface area (Å²) in [6.45, 7) is 2.28. The van der Waals surface area contributed by atoms with Crippen molar-refractivity contribution in [3.05, 3.63) is 83.8 Å². The van der Waals surface area contributed by atoms with Crippen LogP contribution in [0.2, 0.25) is 0 Å². The minimum atomic E-state index is -0.348. The number of ketones is 1. The summed E-state index contributed by atoms with van der Waals surface area (Å²) in [6.07, 6.45) is 4.96. The first-order valence-corrected chi connectivity index (χ1v) is 9.14. The van der Waals surface area contributed by atoms with Crippen molar-refractivity contribution < 1.29 is 9.59 Å². The smallest absolute Gasteiger partial charge is 0.275 e. The first-order chi connectivity index (χ1) is 13.6. The van der Waals surface area contributed by atoms with Gasteiger partial charge in [-0.15, -0.1) is 0 Å². The van der Waals surface area contributed by atoms with E-state index in [1.165, 1.54) is 18.7 Å². The molecule has 0 aliphatic heterocycles. The Morgan fingerprint density at radius 2 is 1.68 bits per heavy atom. The summed E-state index contributed by atoms with van der Waals surface area (Å²) in [4.78, 5) is 32.0. The molecule has 6 heteroatoms. The molecule has 0 radical (unpaired) electrons. The summed E-state index contributed by atoms with van der Waals surface area (Å²) in [5.74, 6) is 0.268. The molecule has 142 valence electrons. The van der Waals surface area contributed by atoms with Gasteiger partial charge in [0.1, 0.15) is 11.5 Å². The zero-order valence-electron chi connectivity index (χ0n) is 15.7. The lowest BCUT2D eigenvalue weighted by Crippen LogP contribution is -2.15. The summed E-state index contributed by atoms with van der Waals surface area (Å²) in [7, 11) is 0. The van der Waals surface area contributed by atoms with Gasteiger partial charge in [-0.2, -0.15) is 0 Å². The van der Waals surface area contributed by atoms with Crippen LogP contribution in [0.1, 0.15) is 39.8 Å². The van der Waals surface area contributed by atoms with Gasteiger partial charge in [-0.3, -0.25) is 9.59 Å². The van der Waals surface area contributed by atoms with E-state index in [2.05, 4.69) is 32.7 Å². The van der Waals surface area contributed by atoms with Crippen molar-refractivity contribution in [2.45, 2.75) is 19.8 Å². The predicted molar refractivity (Wildman–Crippen MR) is 110 cm³/mol. The molecule has 0 aliphatic carbocycles. The van der Waals surface area contributed by atoms with Crippen LogP contribution in [0.4, 0.5) is 11.5 Å². The first-order valence-electron chi connectivity index (χ1n) is 9.14. The Balaban J connectivity index is 1.47. The zero-order valence-corrected chi connectivity index (χ0v) is 15.7. The van der Waals surface area contributed by atoms with E-state index in [9.17, 15) is 9.59 Å². The number of carbonyl (C=O) groups is 2. The minimum absolute atomic E-state index is 0.0180. The maximum atomic E-state index is 12.3. The molecule has 2 aromatic carbocycles. The number of nitrogens with one attached hydrogen (secondary N) is 2. The van der Waals surface area contributed by atoms with E-state index in [-0.39, 0.29) is 17.4 Å². The van der Waals surface area contributed by atoms with Crippen LogP contribution in [0.15, 0.2) is 67.0 Å². The van der Waals surface area contributed by atoms with Gasteiger partial charge in [-0.1, -0.05) is 30.3 Å². The molecule has 3 rings (SSSR count). The second kappa shape index (κ2) is 9.41. The summed E-state index contributed by atoms with van der Waals surface area (Å²) in [6, 6.07) is 17.0. The largest absolute Gasteiger partial charge is 0.369 e. The van der Waals surface area contributed by atoms with E-state index in [4.69, 9.17) is 0 Å². The van der Waals surface area contributed by atoms with E-state index < -0.39 is 0 Å². The number of hydrogen-bond acceptors (Lipinski definition) is 5. The zero-order chi connectivity index (χ0) is 19.8. The fraction of sp³-hybridized carbons (Fsp3) is 0.182. The van der Waals surface area contributed by atoms with Gasteiger partial charge in [0.15, 0.2) is 5.78 Å². The lowest BCUT2D eigenvalue weighted by molar-refractivity contribution is 0.101. The van der Waals surface area contributed by atoms with Crippen molar-refractivity contribution in [1.29, 1.82) is 0 Å². The van der Waals surface area contributed by atoms with Crippen LogP contribution in [-0.4, -0.2) is 28.2 Å². The Morgan fingerprint density at radius 1 is 0.929 bits per heavy atom. The Morgan fingerprint density at radius 3 is 2.32 bits per heavy atom. The summed E-state index contributed by atoms with van der Waals surface area (Å²) >= 11 is 0. The monoisotopic (exact) mass is 374 g/mol. The third-order valence-electron chi connectivity index (χ3n) is 4.22. The molecule has 0 spiro atoms. The number of nitrogens with zero attached hydrogens (tertiary/aromatic N) is 2. The van der Waals surface area contributed by atoms with E-state index in [0.29, 0.717) is 17.1 Å². The molecular weight excluding hydrogens is 352 g/mol. The van der Waals surface area contributed by atoms with Gasteiger partial charge in [0.25, 0.3) is 5.91 Å². The molecule has 0 fully saturated rings. The van der Waals surface area contributed by atoms with Crippen LogP contribution < -0.4 is 10.6 Å². The summed E-state index contributed by atoms with van der Waals surface area (Å²) < 4.78 is 0. The SMILES string of the molecule is CC(=O)c1ccc(NC(=O)c2cnc(NCCCc3ccccc3)cn2)cc1. The molecule has 0 unspecified atom stereocenters. The highest BCUT2D eigenvalue weighted by Crippen LogP contribution is 2.12. The normalized spacial score (nSPS) is 10.3. The topological polar surface area (TPSA) is 84.0 Å². The van der Waals surface area contributed by atoms with Crippen LogP contribution in [0, 0.1) is 0 Å². The Kier molecular flexibility index (Phi) is 6.46. The van der Waals surface area contributed by atoms with Crippen molar-refractivity contribution in [3.63, 3.8) is 0 Å². The first kappa shape index (κ1) is 19.2. The predicted octanol–water partition coefficient (Wildman–Crippen LogP) is 3.98. The van der Waals surface area contributed by atoms with Crippen LogP contribution in [-0.2, 0) is 6.42 Å². The Bertz CT molecular complexity index is 923. The summed E-state index contributed by atoms with van der Waals surface area (Å²) in [5, 5.41) is 5.95. The number of benzene rings is 2. The number of rotatable bonds is 8. The molecule has 1 amide bonds. The number of aromatic nitrogens is 2. The second-order valence-electron chi connectivity index (χ2n) is 6.39. The van der Waals surface area contributed by atoms with E-state index in [1.807, 2.05) is 18.2 Å². The third kappa shape index (κ3) is 5.48. The lowest BCUT2D eigenvalue weighted by atomic mass is 10.1. The highest BCUT2D eigenvalue weighted by Gasteiger charge is 2.09. The molecular formula is C22H22N4O2. The molecule has 3 aromatic rings. The molecule has 1 heterocycles. The number of amides is 1. The van der Waals surface area contributed by atoms with Crippen molar-refractivity contribution in [1.82, 2.24) is 9.97 Å². The van der Waals surface area contributed by atoms with E-state index in [1.54, 1.807) is 30.5 Å². The van der Waals surface area contributed by atoms with Crippen molar-refractivity contribution in [2.75, 3.05) is 17.2 Å². The highest BCUT2D eigenvalue weighted by molar-refractivity contribution is 6.03. The fourth-order valence-corrected chi connectivity index (χ4v) is 2.67. The summed E-state index contributed by atoms with van der Waals surface area (Å²) in [5.41, 5.74) is 2.73. The minimum Gasteiger partial charge on any atom is -0.369 e. The Hall–Kier alpha value is -3.54. The number of aryl methyl sites for hydroxylation is 1. The van der Waals surface area contributed by atoms with Gasteiger partial charge in [0.2, 0.25) is 0 Å². The van der Waals surface area contributed by atoms with Gasteiger partial charge in [-0.25, -0.2) is 9.97 Å². The molecule has 0 saturated heterocycles. The molecule has 6 nitrogen and oxygen atoms in total. The van der Waals surface area contributed by atoms with Gasteiger partial charge in [0, 0.05) is 17.8 Å². The van der Waals surface area contributed by atoms with Gasteiger partial charge < -0.3 is 10.6 Å². The third-order valence-corrected chi connectivity index (χ3v) is 4.22. The molecule has 0 aliphatic rings. The average molecular weight is 374 g/mol. The maximum Gasteiger partial charge on any atom is 0.275 e. The van der Waals surface area contributed by atoms with Crippen LogP contribution in [0.5, 0.6) is 0 Å². The number of Topliss-reactive ketones (excluding diaryl/α,β-unsaturated/α-hetero) is 1. The number of hydrogen-bond donors (Lipinski definition) is 2. The Labute approximate surface area is 164 Å². The van der Waals surface area contributed by atoms with E-state index in [0.717, 1.165) is 19.4 Å². The number of carbonyl (C=O) groups excluding carboxylic acids is 2. The average Bonchev–Trinajstić information content (AvgIpc) is 2.73. The van der Waals surface area contributed by atoms with E-state index >= 15 is 0 Å². The highest BCUT2D eigenvalue weighted by atomic mass is 16.2. The van der Waals surface area contributed by atoms with Gasteiger partial charge in [-0.05, 0) is 49.6 Å². The van der Waals surface area contributed by atoms with Crippen LogP contribution >= 0.6 is 0 Å². The molecule has 2 N–H and O–H groups in total. The number of anilines is 2. The maximum absolute atomic E-state index is 12.3. The molecule has 0 atom stereocenters. The molecule has 0 bridgehead atoms. The van der Waals surface area contributed by atoms with Gasteiger partial charge >= 0.3 is 0 Å². The van der Waals surface area contributed by atoms with Crippen molar-refractivity contribution in [3.8, 4) is 0 Å². The van der Waals surface area contributed by atoms with Crippen molar-refractivity contribution >= 4 is 23.2 Å². The lowest BCUT2D eigenvalue weighted by Gasteiger charge is -2.07. The molecule has 0 saturated carbocycles. The van der Waals surface area contributed by atoms with Crippen molar-refractivity contribution in [2.24, 2.45) is 0 Å². The molecule has 1 aromatic heterocycles. The molecule has 28 heavy (non-hydrogen) atoms.